The second kappa shape index (κ2) is 7.90. The lowest BCUT2D eigenvalue weighted by molar-refractivity contribution is -0.146. The molecule has 3 fully saturated rings. The SMILES string of the molecule is COCCCN1C[C@@]23C=C[C@H](O2)[C@H](C(=O)N2CCC(O)(c4cccnc4F)CC2)[C@@H]3C1=O. The van der Waals surface area contributed by atoms with Gasteiger partial charge in [-0.05, 0) is 25.3 Å². The van der Waals surface area contributed by atoms with Crippen molar-refractivity contribution >= 4 is 11.8 Å². The third-order valence-corrected chi connectivity index (χ3v) is 7.40. The number of ether oxygens (including phenoxy) is 2. The van der Waals surface area contributed by atoms with Gasteiger partial charge < -0.3 is 24.4 Å². The summed E-state index contributed by atoms with van der Waals surface area (Å²) in [6, 6.07) is 3.13. The standard InChI is InChI=1S/C23H28FN3O5/c1-31-13-3-10-27-14-23-6-5-16(32-23)17(18(23)21(27)29)20(28)26-11-7-22(30,8-12-26)15-4-2-9-25-19(15)24/h2,4-6,9,16-18,30H,3,7-8,10-14H2,1H3/t16-,17-,18+,23+/m0/s1. The zero-order valence-corrected chi connectivity index (χ0v) is 18.1. The van der Waals surface area contributed by atoms with E-state index in [0.717, 1.165) is 6.42 Å². The van der Waals surface area contributed by atoms with Crippen molar-refractivity contribution in [3.63, 3.8) is 0 Å². The molecule has 3 saturated heterocycles. The molecule has 0 radical (unpaired) electrons. The molecule has 1 aromatic rings. The van der Waals surface area contributed by atoms with Crippen molar-refractivity contribution in [2.24, 2.45) is 11.8 Å². The highest BCUT2D eigenvalue weighted by atomic mass is 19.1. The van der Waals surface area contributed by atoms with Gasteiger partial charge in [-0.1, -0.05) is 18.2 Å². The number of carbonyl (C=O) groups excluding carboxylic acids is 2. The monoisotopic (exact) mass is 445 g/mol. The lowest BCUT2D eigenvalue weighted by Crippen LogP contribution is -2.51. The molecule has 1 spiro atoms. The van der Waals surface area contributed by atoms with Crippen LogP contribution in [0.3, 0.4) is 0 Å². The van der Waals surface area contributed by atoms with E-state index >= 15 is 0 Å². The third-order valence-electron chi connectivity index (χ3n) is 7.40. The van der Waals surface area contributed by atoms with E-state index in [2.05, 4.69) is 4.98 Å². The number of likely N-dealkylation sites (tertiary alicyclic amines) is 2. The molecule has 0 saturated carbocycles. The Labute approximate surface area is 186 Å². The predicted octanol–water partition coefficient (Wildman–Crippen LogP) is 0.849. The van der Waals surface area contributed by atoms with E-state index in [1.807, 2.05) is 12.2 Å². The smallest absolute Gasteiger partial charge is 0.230 e. The van der Waals surface area contributed by atoms with Crippen LogP contribution in [-0.2, 0) is 24.7 Å². The summed E-state index contributed by atoms with van der Waals surface area (Å²) >= 11 is 0. The van der Waals surface area contributed by atoms with Gasteiger partial charge in [0.25, 0.3) is 0 Å². The minimum atomic E-state index is -1.36. The maximum atomic E-state index is 14.1. The number of hydrogen-bond donors (Lipinski definition) is 1. The number of methoxy groups -OCH3 is 1. The highest BCUT2D eigenvalue weighted by molar-refractivity contribution is 5.93. The summed E-state index contributed by atoms with van der Waals surface area (Å²) in [6.45, 7) is 2.15. The molecule has 5 rings (SSSR count). The Hall–Kier alpha value is -2.36. The quantitative estimate of drug-likeness (QED) is 0.397. The van der Waals surface area contributed by atoms with Crippen molar-refractivity contribution in [3.05, 3.63) is 42.0 Å². The number of piperidine rings is 1. The summed E-state index contributed by atoms with van der Waals surface area (Å²) < 4.78 is 25.4. The van der Waals surface area contributed by atoms with Crippen LogP contribution in [0.1, 0.15) is 24.8 Å². The maximum Gasteiger partial charge on any atom is 0.230 e. The Kier molecular flexibility index (Phi) is 5.30. The van der Waals surface area contributed by atoms with E-state index in [0.29, 0.717) is 19.7 Å². The Morgan fingerprint density at radius 1 is 1.41 bits per heavy atom. The van der Waals surface area contributed by atoms with Crippen LogP contribution in [-0.4, -0.2) is 83.3 Å². The molecule has 4 aliphatic rings. The maximum absolute atomic E-state index is 14.1. The van der Waals surface area contributed by atoms with Gasteiger partial charge in [0, 0.05) is 45.1 Å². The zero-order chi connectivity index (χ0) is 22.5. The zero-order valence-electron chi connectivity index (χ0n) is 18.1. The summed E-state index contributed by atoms with van der Waals surface area (Å²) in [4.78, 5) is 33.8. The van der Waals surface area contributed by atoms with Crippen LogP contribution in [0, 0.1) is 17.8 Å². The Morgan fingerprint density at radius 2 is 2.19 bits per heavy atom. The number of rotatable bonds is 6. The van der Waals surface area contributed by atoms with Gasteiger partial charge in [0.05, 0.1) is 30.1 Å². The average molecular weight is 445 g/mol. The number of carbonyl (C=O) groups is 2. The van der Waals surface area contributed by atoms with Crippen molar-refractivity contribution in [1.29, 1.82) is 0 Å². The van der Waals surface area contributed by atoms with Crippen LogP contribution in [0.4, 0.5) is 4.39 Å². The molecule has 32 heavy (non-hydrogen) atoms. The van der Waals surface area contributed by atoms with E-state index in [9.17, 15) is 19.1 Å². The minimum absolute atomic E-state index is 0.0442. The second-order valence-electron chi connectivity index (χ2n) is 9.20. The molecule has 0 unspecified atom stereocenters. The van der Waals surface area contributed by atoms with Gasteiger partial charge in [-0.2, -0.15) is 4.39 Å². The lowest BCUT2D eigenvalue weighted by atomic mass is 9.76. The number of aromatic nitrogens is 1. The van der Waals surface area contributed by atoms with Gasteiger partial charge in [0.2, 0.25) is 17.8 Å². The Morgan fingerprint density at radius 3 is 2.91 bits per heavy atom. The van der Waals surface area contributed by atoms with Gasteiger partial charge in [-0.25, -0.2) is 4.98 Å². The molecule has 5 heterocycles. The van der Waals surface area contributed by atoms with Crippen molar-refractivity contribution in [2.45, 2.75) is 36.6 Å². The first-order chi connectivity index (χ1) is 15.4. The first-order valence-corrected chi connectivity index (χ1v) is 11.2. The van der Waals surface area contributed by atoms with Gasteiger partial charge in [-0.3, -0.25) is 9.59 Å². The van der Waals surface area contributed by atoms with Crippen molar-refractivity contribution in [2.75, 3.05) is 39.9 Å². The number of aliphatic hydroxyl groups is 1. The number of hydrogen-bond acceptors (Lipinski definition) is 6. The van der Waals surface area contributed by atoms with E-state index in [1.165, 1.54) is 12.3 Å². The molecule has 4 atom stereocenters. The molecule has 0 aliphatic carbocycles. The van der Waals surface area contributed by atoms with Crippen LogP contribution >= 0.6 is 0 Å². The molecule has 4 aliphatic heterocycles. The van der Waals surface area contributed by atoms with Crippen LogP contribution in [0.15, 0.2) is 30.5 Å². The number of nitrogens with zero attached hydrogens (tertiary/aromatic N) is 3. The van der Waals surface area contributed by atoms with Gasteiger partial charge >= 0.3 is 0 Å². The summed E-state index contributed by atoms with van der Waals surface area (Å²) in [5.74, 6) is -1.96. The molecule has 0 aromatic carbocycles. The largest absolute Gasteiger partial charge is 0.385 e. The number of fused-ring (bicyclic) bond motifs is 1. The van der Waals surface area contributed by atoms with Gasteiger partial charge in [-0.15, -0.1) is 0 Å². The third kappa shape index (κ3) is 3.25. The summed E-state index contributed by atoms with van der Waals surface area (Å²) in [5.41, 5.74) is -1.93. The van der Waals surface area contributed by atoms with E-state index in [4.69, 9.17) is 9.47 Å². The molecule has 2 bridgehead atoms. The Bertz CT molecular complexity index is 947. The van der Waals surface area contributed by atoms with E-state index in [1.54, 1.807) is 23.0 Å². The average Bonchev–Trinajstić information content (AvgIpc) is 3.42. The van der Waals surface area contributed by atoms with Crippen molar-refractivity contribution in [3.8, 4) is 0 Å². The molecular weight excluding hydrogens is 417 g/mol. The summed E-state index contributed by atoms with van der Waals surface area (Å²) in [5, 5.41) is 11.0. The van der Waals surface area contributed by atoms with E-state index < -0.39 is 35.1 Å². The first kappa shape index (κ1) is 21.5. The van der Waals surface area contributed by atoms with Gasteiger partial charge in [0.15, 0.2) is 0 Å². The highest BCUT2D eigenvalue weighted by Crippen LogP contribution is 2.52. The first-order valence-electron chi connectivity index (χ1n) is 11.2. The lowest BCUT2D eigenvalue weighted by Gasteiger charge is -2.40. The van der Waals surface area contributed by atoms with Crippen molar-refractivity contribution in [1.82, 2.24) is 14.8 Å². The Balaban J connectivity index is 1.29. The number of halogens is 1. The molecule has 1 aromatic heterocycles. The predicted molar refractivity (Wildman–Crippen MR) is 111 cm³/mol. The molecule has 172 valence electrons. The van der Waals surface area contributed by atoms with Crippen LogP contribution in [0.2, 0.25) is 0 Å². The van der Waals surface area contributed by atoms with Gasteiger partial charge in [0.1, 0.15) is 5.60 Å². The topological polar surface area (TPSA) is 92.2 Å². The highest BCUT2D eigenvalue weighted by Gasteiger charge is 2.67. The van der Waals surface area contributed by atoms with Crippen LogP contribution in [0.25, 0.3) is 0 Å². The minimum Gasteiger partial charge on any atom is -0.385 e. The molecule has 2 amide bonds. The normalized spacial score (nSPS) is 32.6. The fourth-order valence-electron chi connectivity index (χ4n) is 5.76. The fourth-order valence-corrected chi connectivity index (χ4v) is 5.76. The molecule has 8 nitrogen and oxygen atoms in total. The number of amides is 2. The van der Waals surface area contributed by atoms with Crippen LogP contribution in [0.5, 0.6) is 0 Å². The molecule has 1 N–H and O–H groups in total. The van der Waals surface area contributed by atoms with Crippen molar-refractivity contribution < 1.29 is 28.6 Å². The van der Waals surface area contributed by atoms with E-state index in [-0.39, 0.29) is 43.3 Å². The second-order valence-corrected chi connectivity index (χ2v) is 9.20. The van der Waals surface area contributed by atoms with Crippen LogP contribution < -0.4 is 0 Å². The molecule has 9 heteroatoms. The summed E-state index contributed by atoms with van der Waals surface area (Å²) in [6.07, 6.45) is 5.93. The molecular formula is C23H28FN3O5. The summed E-state index contributed by atoms with van der Waals surface area (Å²) in [7, 11) is 1.63. The number of pyridine rings is 1. The fraction of sp³-hybridized carbons (Fsp3) is 0.609.